The third-order valence-corrected chi connectivity index (χ3v) is 3.19. The maximum absolute atomic E-state index is 10.1. The topological polar surface area (TPSA) is 300 Å². The molecule has 5 atom stereocenters. The minimum absolute atomic E-state index is 0.269. The van der Waals surface area contributed by atoms with Crippen LogP contribution >= 0.6 is 0 Å². The lowest BCUT2D eigenvalue weighted by Gasteiger charge is -2.06. The number of aliphatic hydroxyl groups excluding tert-OH is 3. The van der Waals surface area contributed by atoms with Crippen LogP contribution in [0.1, 0.15) is 19.8 Å². The standard InChI is InChI=1S/C5H9NO2.C4H9NO3.2C3H7NO3/c7-5(8)4-2-1-3-6-4;1-2(6)3(5)4(7)8;2*4-2(1-5)3(6)7/h4,6H,1-3H2,(H,7,8);2-3,6H,5H2,1H3,(H,7,8);2*2,5H,1,4H2,(H,6,7)/t4-;;;/m0.../s1. The first-order valence-corrected chi connectivity index (χ1v) is 8.53. The van der Waals surface area contributed by atoms with E-state index in [1.165, 1.54) is 6.92 Å². The summed E-state index contributed by atoms with van der Waals surface area (Å²) in [5.41, 5.74) is 14.4. The maximum Gasteiger partial charge on any atom is 0.323 e. The van der Waals surface area contributed by atoms with Gasteiger partial charge in [-0.2, -0.15) is 0 Å². The normalized spacial score (nSPS) is 18.4. The Morgan fingerprint density at radius 3 is 1.37 bits per heavy atom. The van der Waals surface area contributed by atoms with Crippen molar-refractivity contribution in [3.8, 4) is 0 Å². The van der Waals surface area contributed by atoms with Crippen LogP contribution in [-0.4, -0.2) is 110 Å². The highest BCUT2D eigenvalue weighted by Crippen LogP contribution is 2.03. The van der Waals surface area contributed by atoms with Gasteiger partial charge in [0.25, 0.3) is 0 Å². The van der Waals surface area contributed by atoms with Crippen LogP contribution in [-0.2, 0) is 19.2 Å². The van der Waals surface area contributed by atoms with Crippen LogP contribution in [0.25, 0.3) is 0 Å². The third-order valence-electron chi connectivity index (χ3n) is 3.19. The van der Waals surface area contributed by atoms with Crippen LogP contribution in [0.5, 0.6) is 0 Å². The fourth-order valence-corrected chi connectivity index (χ4v) is 1.26. The van der Waals surface area contributed by atoms with Gasteiger partial charge < -0.3 is 58.3 Å². The van der Waals surface area contributed by atoms with Gasteiger partial charge in [-0.25, -0.2) is 0 Å². The quantitative estimate of drug-likeness (QED) is 0.176. The molecule has 0 radical (unpaired) electrons. The van der Waals surface area contributed by atoms with E-state index < -0.39 is 61.3 Å². The van der Waals surface area contributed by atoms with Gasteiger partial charge in [0.15, 0.2) is 0 Å². The van der Waals surface area contributed by atoms with Crippen molar-refractivity contribution in [3.05, 3.63) is 0 Å². The number of hydrogen-bond acceptors (Lipinski definition) is 11. The molecule has 1 aliphatic rings. The minimum atomic E-state index is -1.18. The van der Waals surface area contributed by atoms with Crippen LogP contribution in [0.2, 0.25) is 0 Å². The first-order chi connectivity index (χ1) is 13.7. The molecule has 1 heterocycles. The zero-order valence-corrected chi connectivity index (χ0v) is 16.4. The molecule has 0 aliphatic carbocycles. The second-order valence-electron chi connectivity index (χ2n) is 5.85. The molecule has 0 aromatic carbocycles. The molecule has 0 amide bonds. The van der Waals surface area contributed by atoms with Gasteiger partial charge in [-0.1, -0.05) is 0 Å². The maximum atomic E-state index is 10.1. The van der Waals surface area contributed by atoms with Crippen LogP contribution < -0.4 is 22.5 Å². The van der Waals surface area contributed by atoms with Crippen molar-refractivity contribution in [2.45, 2.75) is 50.0 Å². The molecule has 0 aromatic rings. The van der Waals surface area contributed by atoms with Crippen LogP contribution in [0.15, 0.2) is 0 Å². The van der Waals surface area contributed by atoms with Gasteiger partial charge in [0, 0.05) is 0 Å². The number of carboxylic acids is 4. The Kier molecular flexibility index (Phi) is 20.0. The van der Waals surface area contributed by atoms with E-state index in [2.05, 4.69) is 5.32 Å². The summed E-state index contributed by atoms with van der Waals surface area (Å²) in [4.78, 5) is 39.3. The Bertz CT molecular complexity index is 481. The Hall–Kier alpha value is -2.40. The molecule has 0 bridgehead atoms. The lowest BCUT2D eigenvalue weighted by Crippen LogP contribution is -2.39. The molecule has 4 unspecified atom stereocenters. The number of rotatable bonds is 7. The molecule has 0 spiro atoms. The lowest BCUT2D eigenvalue weighted by molar-refractivity contribution is -0.141. The van der Waals surface area contributed by atoms with E-state index in [1.807, 2.05) is 0 Å². The Balaban J connectivity index is -0.000000325. The number of nitrogens with one attached hydrogen (secondary N) is 1. The van der Waals surface area contributed by atoms with E-state index in [0.29, 0.717) is 0 Å². The van der Waals surface area contributed by atoms with Crippen LogP contribution in [0.3, 0.4) is 0 Å². The van der Waals surface area contributed by atoms with Gasteiger partial charge in [0.2, 0.25) is 0 Å². The average molecular weight is 444 g/mol. The fraction of sp³-hybridized carbons (Fsp3) is 0.733. The van der Waals surface area contributed by atoms with Crippen molar-refractivity contribution in [1.82, 2.24) is 5.32 Å². The number of nitrogens with two attached hydrogens (primary N) is 3. The molecule has 0 aromatic heterocycles. The minimum Gasteiger partial charge on any atom is -0.480 e. The first kappa shape index (κ1) is 32.3. The highest BCUT2D eigenvalue weighted by molar-refractivity contribution is 5.74. The van der Waals surface area contributed by atoms with Crippen molar-refractivity contribution in [2.75, 3.05) is 19.8 Å². The number of aliphatic hydroxyl groups is 3. The zero-order valence-electron chi connectivity index (χ0n) is 16.4. The summed E-state index contributed by atoms with van der Waals surface area (Å²) < 4.78 is 0. The second-order valence-corrected chi connectivity index (χ2v) is 5.85. The molecule has 0 saturated carbocycles. The third kappa shape index (κ3) is 18.9. The van der Waals surface area contributed by atoms with Gasteiger partial charge in [-0.3, -0.25) is 19.2 Å². The molecule has 178 valence electrons. The molecular formula is C15H32N4O11. The summed E-state index contributed by atoms with van der Waals surface area (Å²) in [6, 6.07) is -3.68. The van der Waals surface area contributed by atoms with Crippen molar-refractivity contribution < 1.29 is 54.9 Å². The molecule has 1 aliphatic heterocycles. The van der Waals surface area contributed by atoms with Gasteiger partial charge in [0.1, 0.15) is 24.2 Å². The monoisotopic (exact) mass is 444 g/mol. The summed E-state index contributed by atoms with van der Waals surface area (Å²) in [5.74, 6) is -4.26. The largest absolute Gasteiger partial charge is 0.480 e. The van der Waals surface area contributed by atoms with Crippen LogP contribution in [0.4, 0.5) is 0 Å². The van der Waals surface area contributed by atoms with Crippen LogP contribution in [0, 0.1) is 0 Å². The highest BCUT2D eigenvalue weighted by atomic mass is 16.4. The van der Waals surface area contributed by atoms with Crippen molar-refractivity contribution >= 4 is 23.9 Å². The molecular weight excluding hydrogens is 412 g/mol. The molecule has 1 rings (SSSR count). The van der Waals surface area contributed by atoms with Crippen molar-refractivity contribution in [3.63, 3.8) is 0 Å². The zero-order chi connectivity index (χ0) is 24.4. The Labute approximate surface area is 172 Å². The molecule has 1 saturated heterocycles. The first-order valence-electron chi connectivity index (χ1n) is 8.53. The number of aliphatic carboxylic acids is 4. The van der Waals surface area contributed by atoms with E-state index in [0.717, 1.165) is 19.4 Å². The average Bonchev–Trinajstić information content (AvgIpc) is 3.22. The van der Waals surface area contributed by atoms with E-state index in [-0.39, 0.29) is 6.04 Å². The Morgan fingerprint density at radius 2 is 1.30 bits per heavy atom. The smallest absolute Gasteiger partial charge is 0.323 e. The predicted molar refractivity (Wildman–Crippen MR) is 101 cm³/mol. The summed E-state index contributed by atoms with van der Waals surface area (Å²) in [7, 11) is 0. The van der Waals surface area contributed by atoms with E-state index in [9.17, 15) is 19.2 Å². The Morgan fingerprint density at radius 1 is 0.900 bits per heavy atom. The molecule has 15 heteroatoms. The lowest BCUT2D eigenvalue weighted by atomic mass is 10.2. The molecule has 1 fully saturated rings. The summed E-state index contributed by atoms with van der Waals surface area (Å²) in [5, 5.41) is 59.6. The molecule has 30 heavy (non-hydrogen) atoms. The number of carboxylic acid groups (broad SMARTS) is 4. The summed E-state index contributed by atoms with van der Waals surface area (Å²) in [6.07, 6.45) is 0.805. The highest BCUT2D eigenvalue weighted by Gasteiger charge is 2.20. The molecule has 15 nitrogen and oxygen atoms in total. The summed E-state index contributed by atoms with van der Waals surface area (Å²) >= 11 is 0. The van der Waals surface area contributed by atoms with E-state index >= 15 is 0 Å². The van der Waals surface area contributed by atoms with E-state index in [4.69, 9.17) is 52.9 Å². The van der Waals surface area contributed by atoms with Gasteiger partial charge in [0.05, 0.1) is 19.3 Å². The summed E-state index contributed by atoms with van der Waals surface area (Å²) in [6.45, 7) is 1.18. The van der Waals surface area contributed by atoms with Gasteiger partial charge >= 0.3 is 23.9 Å². The fourth-order valence-electron chi connectivity index (χ4n) is 1.26. The van der Waals surface area contributed by atoms with Gasteiger partial charge in [-0.15, -0.1) is 0 Å². The number of hydrogen-bond donors (Lipinski definition) is 11. The van der Waals surface area contributed by atoms with Crippen molar-refractivity contribution in [2.24, 2.45) is 17.2 Å². The predicted octanol–water partition coefficient (Wildman–Crippen LogP) is -4.62. The SMILES string of the molecule is CC(O)C(N)C(=O)O.NC(CO)C(=O)O.NC(CO)C(=O)O.O=C(O)[C@@H]1CCCN1. The van der Waals surface area contributed by atoms with E-state index in [1.54, 1.807) is 0 Å². The van der Waals surface area contributed by atoms with Gasteiger partial charge in [-0.05, 0) is 26.3 Å². The molecule has 14 N–H and O–H groups in total. The second kappa shape index (κ2) is 18.6. The van der Waals surface area contributed by atoms with Crippen molar-refractivity contribution in [1.29, 1.82) is 0 Å². The number of carbonyl (C=O) groups is 4.